The molecule has 0 amide bonds. The maximum atomic E-state index is 9.71. The second-order valence-corrected chi connectivity index (χ2v) is 8.33. The molecule has 0 saturated carbocycles. The van der Waals surface area contributed by atoms with Crippen molar-refractivity contribution < 1.29 is 18.9 Å². The summed E-state index contributed by atoms with van der Waals surface area (Å²) in [5.41, 5.74) is 2.06. The van der Waals surface area contributed by atoms with E-state index in [-0.39, 0.29) is 0 Å². The summed E-state index contributed by atoms with van der Waals surface area (Å²) in [6.45, 7) is 4.56. The molecule has 1 N–H and O–H groups in total. The van der Waals surface area contributed by atoms with Crippen LogP contribution in [0.15, 0.2) is 30.5 Å². The van der Waals surface area contributed by atoms with E-state index in [1.807, 2.05) is 6.07 Å². The summed E-state index contributed by atoms with van der Waals surface area (Å²) in [7, 11) is 3.07. The largest absolute Gasteiger partial charge is 0.494 e. The van der Waals surface area contributed by atoms with Gasteiger partial charge in [0.05, 0.1) is 54.9 Å². The maximum Gasteiger partial charge on any atom is 0.163 e. The molecule has 178 valence electrons. The first-order valence-corrected chi connectivity index (χ1v) is 11.4. The zero-order valence-corrected chi connectivity index (χ0v) is 20.4. The normalized spacial score (nSPS) is 14.0. The van der Waals surface area contributed by atoms with Crippen molar-refractivity contribution in [2.45, 2.75) is 0 Å². The van der Waals surface area contributed by atoms with Crippen LogP contribution in [0.25, 0.3) is 10.9 Å². The third-order valence-electron chi connectivity index (χ3n) is 5.56. The van der Waals surface area contributed by atoms with E-state index < -0.39 is 0 Å². The van der Waals surface area contributed by atoms with Gasteiger partial charge in [-0.25, -0.2) is 0 Å². The molecular formula is C24H24Cl2N4O4. The quantitative estimate of drug-likeness (QED) is 0.465. The van der Waals surface area contributed by atoms with Crippen LogP contribution in [0.2, 0.25) is 10.0 Å². The Bertz CT molecular complexity index is 1230. The predicted octanol–water partition coefficient (Wildman–Crippen LogP) is 4.89. The van der Waals surface area contributed by atoms with Crippen molar-refractivity contribution in [3.63, 3.8) is 0 Å². The number of methoxy groups -OCH3 is 2. The number of nitrogens with zero attached hydrogens (tertiary/aromatic N) is 3. The Labute approximate surface area is 207 Å². The van der Waals surface area contributed by atoms with E-state index in [2.05, 4.69) is 21.3 Å². The molecule has 0 unspecified atom stereocenters. The number of aromatic nitrogens is 1. The van der Waals surface area contributed by atoms with Crippen LogP contribution >= 0.6 is 23.2 Å². The molecule has 4 rings (SSSR count). The Morgan fingerprint density at radius 1 is 1.15 bits per heavy atom. The molecule has 1 saturated heterocycles. The van der Waals surface area contributed by atoms with Gasteiger partial charge in [-0.1, -0.05) is 23.2 Å². The second-order valence-electron chi connectivity index (χ2n) is 7.55. The highest BCUT2D eigenvalue weighted by Gasteiger charge is 2.18. The van der Waals surface area contributed by atoms with Crippen molar-refractivity contribution in [3.8, 4) is 23.3 Å². The van der Waals surface area contributed by atoms with Crippen molar-refractivity contribution in [3.05, 3.63) is 46.1 Å². The number of hydrogen-bond acceptors (Lipinski definition) is 8. The van der Waals surface area contributed by atoms with Crippen molar-refractivity contribution >= 4 is 45.5 Å². The number of fused-ring (bicyclic) bond motifs is 1. The van der Waals surface area contributed by atoms with Crippen molar-refractivity contribution in [2.75, 3.05) is 59.0 Å². The lowest BCUT2D eigenvalue weighted by molar-refractivity contribution is 0.0321. The Morgan fingerprint density at radius 2 is 1.94 bits per heavy atom. The first-order valence-electron chi connectivity index (χ1n) is 10.7. The minimum Gasteiger partial charge on any atom is -0.494 e. The SMILES string of the molecule is COc1cc2c(Nc3ccc(Cl)c(OC)c3Cl)c(C#N)cnc2cc1OCCN1CCOCC1. The molecule has 2 aromatic carbocycles. The molecule has 1 aliphatic rings. The molecule has 0 bridgehead atoms. The minimum absolute atomic E-state index is 0.305. The summed E-state index contributed by atoms with van der Waals surface area (Å²) in [6.07, 6.45) is 1.51. The van der Waals surface area contributed by atoms with Crippen LogP contribution in [0.5, 0.6) is 17.2 Å². The Balaban J connectivity index is 1.66. The predicted molar refractivity (Wildman–Crippen MR) is 132 cm³/mol. The standard InChI is InChI=1S/C24H24Cl2N4O4/c1-31-20-11-16-19(12-21(20)34-10-7-30-5-8-33-9-6-30)28-14-15(13-27)23(16)29-18-4-3-17(25)24(32-2)22(18)26/h3-4,11-12,14H,5-10H2,1-2H3,(H,28,29). The van der Waals surface area contributed by atoms with Gasteiger partial charge < -0.3 is 24.3 Å². The summed E-state index contributed by atoms with van der Waals surface area (Å²) in [4.78, 5) is 6.75. The molecule has 0 spiro atoms. The highest BCUT2D eigenvalue weighted by atomic mass is 35.5. The summed E-state index contributed by atoms with van der Waals surface area (Å²) >= 11 is 12.7. The van der Waals surface area contributed by atoms with Crippen LogP contribution in [0.1, 0.15) is 5.56 Å². The van der Waals surface area contributed by atoms with Crippen molar-refractivity contribution in [1.29, 1.82) is 5.26 Å². The van der Waals surface area contributed by atoms with E-state index in [0.29, 0.717) is 61.7 Å². The van der Waals surface area contributed by atoms with Gasteiger partial charge in [-0.15, -0.1) is 0 Å². The Hall–Kier alpha value is -2.96. The number of rotatable bonds is 8. The second kappa shape index (κ2) is 11.0. The van der Waals surface area contributed by atoms with Gasteiger partial charge in [-0.05, 0) is 18.2 Å². The number of morpholine rings is 1. The van der Waals surface area contributed by atoms with Gasteiger partial charge in [0.15, 0.2) is 17.2 Å². The molecule has 0 atom stereocenters. The van der Waals surface area contributed by atoms with Gasteiger partial charge in [0, 0.05) is 37.3 Å². The van der Waals surface area contributed by atoms with Gasteiger partial charge in [-0.3, -0.25) is 9.88 Å². The summed E-state index contributed by atoms with van der Waals surface area (Å²) in [5, 5.41) is 14.3. The molecule has 34 heavy (non-hydrogen) atoms. The third-order valence-corrected chi connectivity index (χ3v) is 6.23. The topological polar surface area (TPSA) is 88.9 Å². The van der Waals surface area contributed by atoms with Gasteiger partial charge in [0.2, 0.25) is 0 Å². The number of halogens is 2. The number of ether oxygens (including phenoxy) is 4. The lowest BCUT2D eigenvalue weighted by atomic mass is 10.1. The van der Waals surface area contributed by atoms with Gasteiger partial charge >= 0.3 is 0 Å². The molecule has 2 heterocycles. The summed E-state index contributed by atoms with van der Waals surface area (Å²) < 4.78 is 22.3. The molecule has 10 heteroatoms. The average molecular weight is 503 g/mol. The molecule has 3 aromatic rings. The zero-order chi connectivity index (χ0) is 24.1. The Kier molecular flexibility index (Phi) is 7.80. The lowest BCUT2D eigenvalue weighted by Crippen LogP contribution is -2.38. The molecule has 0 aliphatic carbocycles. The smallest absolute Gasteiger partial charge is 0.163 e. The fourth-order valence-corrected chi connectivity index (χ4v) is 4.32. The van der Waals surface area contributed by atoms with E-state index >= 15 is 0 Å². The molecule has 1 aliphatic heterocycles. The Morgan fingerprint density at radius 3 is 2.65 bits per heavy atom. The van der Waals surface area contributed by atoms with E-state index in [1.54, 1.807) is 25.3 Å². The number of nitrogens with one attached hydrogen (secondary N) is 1. The van der Waals surface area contributed by atoms with E-state index in [0.717, 1.165) is 32.8 Å². The average Bonchev–Trinajstić information content (AvgIpc) is 2.86. The fourth-order valence-electron chi connectivity index (χ4n) is 3.75. The molecule has 1 fully saturated rings. The number of benzene rings is 2. The zero-order valence-electron chi connectivity index (χ0n) is 18.9. The van der Waals surface area contributed by atoms with Gasteiger partial charge in [0.1, 0.15) is 17.7 Å². The van der Waals surface area contributed by atoms with E-state index in [4.69, 9.17) is 42.1 Å². The number of nitriles is 1. The highest BCUT2D eigenvalue weighted by molar-refractivity contribution is 6.39. The highest BCUT2D eigenvalue weighted by Crippen LogP contribution is 2.42. The lowest BCUT2D eigenvalue weighted by Gasteiger charge is -2.26. The van der Waals surface area contributed by atoms with Crippen LogP contribution in [0, 0.1) is 11.3 Å². The van der Waals surface area contributed by atoms with Crippen molar-refractivity contribution in [1.82, 2.24) is 9.88 Å². The maximum absolute atomic E-state index is 9.71. The number of anilines is 2. The van der Waals surface area contributed by atoms with Crippen LogP contribution in [-0.4, -0.2) is 63.6 Å². The van der Waals surface area contributed by atoms with E-state index in [9.17, 15) is 5.26 Å². The fraction of sp³-hybridized carbons (Fsp3) is 0.333. The van der Waals surface area contributed by atoms with E-state index in [1.165, 1.54) is 13.3 Å². The first-order chi connectivity index (χ1) is 16.5. The van der Waals surface area contributed by atoms with Crippen LogP contribution < -0.4 is 19.5 Å². The van der Waals surface area contributed by atoms with Crippen LogP contribution in [-0.2, 0) is 4.74 Å². The summed E-state index contributed by atoms with van der Waals surface area (Å²) in [5.74, 6) is 1.46. The third kappa shape index (κ3) is 5.08. The first kappa shape index (κ1) is 24.2. The van der Waals surface area contributed by atoms with Crippen LogP contribution in [0.4, 0.5) is 11.4 Å². The minimum atomic E-state index is 0.305. The number of pyridine rings is 1. The number of hydrogen-bond donors (Lipinski definition) is 1. The molecule has 8 nitrogen and oxygen atoms in total. The monoisotopic (exact) mass is 502 g/mol. The van der Waals surface area contributed by atoms with Gasteiger partial charge in [-0.2, -0.15) is 5.26 Å². The van der Waals surface area contributed by atoms with Crippen LogP contribution in [0.3, 0.4) is 0 Å². The summed E-state index contributed by atoms with van der Waals surface area (Å²) in [6, 6.07) is 9.18. The molecular weight excluding hydrogens is 479 g/mol. The van der Waals surface area contributed by atoms with Gasteiger partial charge in [0.25, 0.3) is 0 Å². The van der Waals surface area contributed by atoms with Crippen molar-refractivity contribution in [2.24, 2.45) is 0 Å². The molecule has 0 radical (unpaired) electrons. The molecule has 1 aromatic heterocycles.